The van der Waals surface area contributed by atoms with Crippen molar-refractivity contribution < 1.29 is 4.79 Å². The lowest BCUT2D eigenvalue weighted by Crippen LogP contribution is -2.40. The molecular weight excluding hydrogens is 412 g/mol. The Balaban J connectivity index is 1.40. The van der Waals surface area contributed by atoms with Crippen LogP contribution < -0.4 is 0 Å². The predicted molar refractivity (Wildman–Crippen MR) is 112 cm³/mol. The van der Waals surface area contributed by atoms with Gasteiger partial charge in [0.2, 0.25) is 5.91 Å². The first-order valence-electron chi connectivity index (χ1n) is 9.93. The molecule has 0 bridgehead atoms. The average Bonchev–Trinajstić information content (AvgIpc) is 2.64. The zero-order valence-corrected chi connectivity index (χ0v) is 18.1. The molecule has 1 unspecified atom stereocenters. The minimum atomic E-state index is 0.239. The van der Waals surface area contributed by atoms with Gasteiger partial charge in [0.05, 0.1) is 0 Å². The molecule has 5 heteroatoms. The van der Waals surface area contributed by atoms with E-state index in [4.69, 9.17) is 11.6 Å². The highest BCUT2D eigenvalue weighted by Crippen LogP contribution is 2.28. The first kappa shape index (κ1) is 20.2. The van der Waals surface area contributed by atoms with Gasteiger partial charge in [0.25, 0.3) is 0 Å². The van der Waals surface area contributed by atoms with Crippen LogP contribution in [0, 0.1) is 11.8 Å². The number of carbonyl (C=O) groups excluding carboxylic acids is 1. The molecule has 3 rings (SSSR count). The number of hydrogen-bond donors (Lipinski definition) is 0. The molecule has 2 saturated heterocycles. The van der Waals surface area contributed by atoms with Crippen LogP contribution in [0.5, 0.6) is 0 Å². The van der Waals surface area contributed by atoms with Gasteiger partial charge in [0.15, 0.2) is 0 Å². The zero-order chi connectivity index (χ0) is 18.5. The Morgan fingerprint density at radius 2 is 1.96 bits per heavy atom. The molecule has 1 atom stereocenters. The van der Waals surface area contributed by atoms with Gasteiger partial charge in [-0.1, -0.05) is 27.5 Å². The van der Waals surface area contributed by atoms with Crippen molar-refractivity contribution in [2.75, 3.05) is 32.7 Å². The van der Waals surface area contributed by atoms with Crippen molar-refractivity contribution in [3.63, 3.8) is 0 Å². The molecule has 1 aromatic carbocycles. The van der Waals surface area contributed by atoms with E-state index in [0.29, 0.717) is 5.92 Å². The van der Waals surface area contributed by atoms with Crippen molar-refractivity contribution >= 4 is 33.4 Å². The predicted octanol–water partition coefficient (Wildman–Crippen LogP) is 5.01. The summed E-state index contributed by atoms with van der Waals surface area (Å²) in [5.41, 5.74) is 1.34. The molecule has 0 N–H and O–H groups in total. The van der Waals surface area contributed by atoms with E-state index < -0.39 is 0 Å². The van der Waals surface area contributed by atoms with E-state index in [1.54, 1.807) is 6.92 Å². The number of halogens is 2. The molecule has 2 aliphatic rings. The van der Waals surface area contributed by atoms with Gasteiger partial charge in [0.1, 0.15) is 0 Å². The second-order valence-corrected chi connectivity index (χ2v) is 9.28. The van der Waals surface area contributed by atoms with Crippen molar-refractivity contribution in [2.45, 2.75) is 45.4 Å². The second kappa shape index (κ2) is 9.57. The number of rotatable bonds is 5. The molecule has 0 aliphatic carbocycles. The SMILES string of the molecule is CC(=O)N1CCCC(CCN2CCC(Cc3cc(Cl)ccc3Br)CC2)C1. The number of amides is 1. The maximum Gasteiger partial charge on any atom is 0.219 e. The van der Waals surface area contributed by atoms with Crippen molar-refractivity contribution in [2.24, 2.45) is 11.8 Å². The minimum Gasteiger partial charge on any atom is -0.343 e. The minimum absolute atomic E-state index is 0.239. The van der Waals surface area contributed by atoms with Crippen molar-refractivity contribution in [3.8, 4) is 0 Å². The topological polar surface area (TPSA) is 23.6 Å². The van der Waals surface area contributed by atoms with Crippen molar-refractivity contribution in [1.82, 2.24) is 9.80 Å². The van der Waals surface area contributed by atoms with Crippen molar-refractivity contribution in [3.05, 3.63) is 33.3 Å². The Morgan fingerprint density at radius 1 is 1.19 bits per heavy atom. The normalized spacial score (nSPS) is 22.6. The zero-order valence-electron chi connectivity index (χ0n) is 15.7. The maximum atomic E-state index is 11.6. The Labute approximate surface area is 171 Å². The summed E-state index contributed by atoms with van der Waals surface area (Å²) in [5.74, 6) is 1.68. The lowest BCUT2D eigenvalue weighted by Gasteiger charge is -2.35. The molecule has 26 heavy (non-hydrogen) atoms. The molecule has 1 aromatic rings. The highest BCUT2D eigenvalue weighted by Gasteiger charge is 2.24. The quantitative estimate of drug-likeness (QED) is 0.641. The van der Waals surface area contributed by atoms with E-state index in [-0.39, 0.29) is 5.91 Å². The van der Waals surface area contributed by atoms with Gasteiger partial charge in [-0.05, 0) is 93.8 Å². The highest BCUT2D eigenvalue weighted by atomic mass is 79.9. The number of hydrogen-bond acceptors (Lipinski definition) is 2. The lowest BCUT2D eigenvalue weighted by atomic mass is 9.89. The van der Waals surface area contributed by atoms with E-state index in [9.17, 15) is 4.79 Å². The first-order chi connectivity index (χ1) is 12.5. The second-order valence-electron chi connectivity index (χ2n) is 7.99. The number of carbonyl (C=O) groups is 1. The summed E-state index contributed by atoms with van der Waals surface area (Å²) in [7, 11) is 0. The highest BCUT2D eigenvalue weighted by molar-refractivity contribution is 9.10. The smallest absolute Gasteiger partial charge is 0.219 e. The molecule has 0 radical (unpaired) electrons. The summed E-state index contributed by atoms with van der Waals surface area (Å²) in [4.78, 5) is 16.2. The third-order valence-corrected chi connectivity index (χ3v) is 7.05. The molecule has 2 aliphatic heterocycles. The summed E-state index contributed by atoms with van der Waals surface area (Å²) in [6.07, 6.45) is 7.33. The van der Waals surface area contributed by atoms with Crippen LogP contribution in [0.15, 0.2) is 22.7 Å². The van der Waals surface area contributed by atoms with E-state index in [0.717, 1.165) is 30.5 Å². The van der Waals surface area contributed by atoms with Crippen LogP contribution in [0.1, 0.15) is 44.6 Å². The number of nitrogens with zero attached hydrogens (tertiary/aromatic N) is 2. The number of piperidine rings is 2. The van der Waals surface area contributed by atoms with Crippen LogP contribution in [0.4, 0.5) is 0 Å². The van der Waals surface area contributed by atoms with Crippen LogP contribution in [-0.4, -0.2) is 48.4 Å². The number of likely N-dealkylation sites (tertiary alicyclic amines) is 2. The molecule has 3 nitrogen and oxygen atoms in total. The van der Waals surface area contributed by atoms with Gasteiger partial charge < -0.3 is 9.80 Å². The summed E-state index contributed by atoms with van der Waals surface area (Å²) in [5, 5.41) is 0.827. The van der Waals surface area contributed by atoms with Gasteiger partial charge >= 0.3 is 0 Å². The monoisotopic (exact) mass is 440 g/mol. The third kappa shape index (κ3) is 5.71. The molecule has 2 heterocycles. The average molecular weight is 442 g/mol. The summed E-state index contributed by atoms with van der Waals surface area (Å²) in [6.45, 7) is 7.21. The maximum absolute atomic E-state index is 11.6. The van der Waals surface area contributed by atoms with Gasteiger partial charge in [0, 0.05) is 29.5 Å². The molecule has 0 spiro atoms. The first-order valence-corrected chi connectivity index (χ1v) is 11.1. The van der Waals surface area contributed by atoms with Gasteiger partial charge in [-0.2, -0.15) is 0 Å². The Bertz CT molecular complexity index is 616. The fourth-order valence-electron chi connectivity index (χ4n) is 4.38. The molecule has 0 saturated carbocycles. The number of benzene rings is 1. The van der Waals surface area contributed by atoms with Gasteiger partial charge in [-0.15, -0.1) is 0 Å². The largest absolute Gasteiger partial charge is 0.343 e. The van der Waals surface area contributed by atoms with Crippen LogP contribution >= 0.6 is 27.5 Å². The Morgan fingerprint density at radius 3 is 2.69 bits per heavy atom. The Hall–Kier alpha value is -0.580. The summed E-state index contributed by atoms with van der Waals surface area (Å²) >= 11 is 9.80. The summed E-state index contributed by atoms with van der Waals surface area (Å²) in [6, 6.07) is 6.10. The molecule has 144 valence electrons. The lowest BCUT2D eigenvalue weighted by molar-refractivity contribution is -0.130. The van der Waals surface area contributed by atoms with E-state index in [2.05, 4.69) is 33.0 Å². The summed E-state index contributed by atoms with van der Waals surface area (Å²) < 4.78 is 1.18. The standard InChI is InChI=1S/C21H30BrClN2O/c1-16(26)25-9-2-3-18(15-25)8-12-24-10-6-17(7-11-24)13-19-14-20(23)4-5-21(19)22/h4-5,14,17-18H,2-3,6-13,15H2,1H3. The molecule has 1 amide bonds. The fraction of sp³-hybridized carbons (Fsp3) is 0.667. The van der Waals surface area contributed by atoms with Gasteiger partial charge in [-0.25, -0.2) is 0 Å². The third-order valence-electron chi connectivity index (χ3n) is 6.04. The van der Waals surface area contributed by atoms with Crippen LogP contribution in [0.2, 0.25) is 5.02 Å². The van der Waals surface area contributed by atoms with E-state index >= 15 is 0 Å². The fourth-order valence-corrected chi connectivity index (χ4v) is 4.98. The van der Waals surface area contributed by atoms with Crippen LogP contribution in [0.3, 0.4) is 0 Å². The van der Waals surface area contributed by atoms with Crippen LogP contribution in [-0.2, 0) is 11.2 Å². The van der Waals surface area contributed by atoms with Gasteiger partial charge in [-0.3, -0.25) is 4.79 Å². The van der Waals surface area contributed by atoms with Crippen LogP contribution in [0.25, 0.3) is 0 Å². The molecule has 2 fully saturated rings. The molecular formula is C21H30BrClN2O. The van der Waals surface area contributed by atoms with Crippen molar-refractivity contribution in [1.29, 1.82) is 0 Å². The molecule has 0 aromatic heterocycles. The Kier molecular flexibility index (Phi) is 7.42. The van der Waals surface area contributed by atoms with E-state index in [1.807, 2.05) is 11.0 Å². The van der Waals surface area contributed by atoms with E-state index in [1.165, 1.54) is 61.8 Å².